The van der Waals surface area contributed by atoms with Crippen molar-refractivity contribution >= 4 is 11.6 Å². The van der Waals surface area contributed by atoms with Crippen LogP contribution in [0.25, 0.3) is 0 Å². The Morgan fingerprint density at radius 3 is 2.07 bits per heavy atom. The second-order valence-corrected chi connectivity index (χ2v) is 7.47. The summed E-state index contributed by atoms with van der Waals surface area (Å²) in [6.45, 7) is 5.80. The first-order chi connectivity index (χ1) is 12.8. The number of nitrogens with one attached hydrogen (secondary N) is 1. The molecular formula is C22H30N2O3. The summed E-state index contributed by atoms with van der Waals surface area (Å²) in [7, 11) is 0. The predicted molar refractivity (Wildman–Crippen MR) is 108 cm³/mol. The SMILES string of the molecule is CC(C)Cc1ccc(C(C)C(=O)NC(CO)C(O)c2ccc(N)cc2)cc1. The first kappa shape index (κ1) is 20.9. The zero-order chi connectivity index (χ0) is 20.0. The molecule has 0 heterocycles. The van der Waals surface area contributed by atoms with Gasteiger partial charge in [-0.15, -0.1) is 0 Å². The Labute approximate surface area is 161 Å². The van der Waals surface area contributed by atoms with Gasteiger partial charge >= 0.3 is 0 Å². The van der Waals surface area contributed by atoms with Gasteiger partial charge in [-0.25, -0.2) is 0 Å². The molecule has 2 rings (SSSR count). The molecule has 5 N–H and O–H groups in total. The summed E-state index contributed by atoms with van der Waals surface area (Å²) in [5.41, 5.74) is 8.98. The van der Waals surface area contributed by atoms with Crippen LogP contribution in [0.1, 0.15) is 49.5 Å². The van der Waals surface area contributed by atoms with Crippen molar-refractivity contribution in [3.63, 3.8) is 0 Å². The molecule has 0 fully saturated rings. The smallest absolute Gasteiger partial charge is 0.227 e. The van der Waals surface area contributed by atoms with Gasteiger partial charge in [-0.05, 0) is 48.1 Å². The van der Waals surface area contributed by atoms with Crippen molar-refractivity contribution < 1.29 is 15.0 Å². The van der Waals surface area contributed by atoms with Gasteiger partial charge in [-0.1, -0.05) is 50.2 Å². The maximum Gasteiger partial charge on any atom is 0.227 e. The fourth-order valence-electron chi connectivity index (χ4n) is 3.02. The second kappa shape index (κ2) is 9.53. The number of benzene rings is 2. The van der Waals surface area contributed by atoms with E-state index in [0.29, 0.717) is 17.2 Å². The van der Waals surface area contributed by atoms with E-state index in [9.17, 15) is 15.0 Å². The van der Waals surface area contributed by atoms with E-state index in [4.69, 9.17) is 5.73 Å². The maximum atomic E-state index is 12.6. The largest absolute Gasteiger partial charge is 0.399 e. The highest BCUT2D eigenvalue weighted by Gasteiger charge is 2.25. The summed E-state index contributed by atoms with van der Waals surface area (Å²) in [4.78, 5) is 12.6. The van der Waals surface area contributed by atoms with E-state index in [0.717, 1.165) is 12.0 Å². The maximum absolute atomic E-state index is 12.6. The molecule has 2 aromatic rings. The molecule has 0 radical (unpaired) electrons. The van der Waals surface area contributed by atoms with Gasteiger partial charge in [0.05, 0.1) is 18.6 Å². The minimum absolute atomic E-state index is 0.236. The van der Waals surface area contributed by atoms with Crippen molar-refractivity contribution in [3.05, 3.63) is 65.2 Å². The highest BCUT2D eigenvalue weighted by molar-refractivity contribution is 5.83. The Morgan fingerprint density at radius 1 is 1.00 bits per heavy atom. The van der Waals surface area contributed by atoms with Crippen LogP contribution in [0.4, 0.5) is 5.69 Å². The Bertz CT molecular complexity index is 726. The monoisotopic (exact) mass is 370 g/mol. The standard InChI is InChI=1S/C22H30N2O3/c1-14(2)12-16-4-6-17(7-5-16)15(3)22(27)24-20(13-25)21(26)18-8-10-19(23)11-9-18/h4-11,14-15,20-21,25-26H,12-13,23H2,1-3H3,(H,24,27). The molecule has 2 aromatic carbocycles. The molecule has 0 saturated carbocycles. The van der Waals surface area contributed by atoms with Gasteiger partial charge in [-0.3, -0.25) is 4.79 Å². The zero-order valence-electron chi connectivity index (χ0n) is 16.2. The molecule has 146 valence electrons. The van der Waals surface area contributed by atoms with Crippen LogP contribution >= 0.6 is 0 Å². The van der Waals surface area contributed by atoms with Crippen molar-refractivity contribution in [2.45, 2.75) is 45.3 Å². The van der Waals surface area contributed by atoms with Crippen LogP contribution in [0.3, 0.4) is 0 Å². The lowest BCUT2D eigenvalue weighted by molar-refractivity contribution is -0.124. The van der Waals surface area contributed by atoms with Gasteiger partial charge in [-0.2, -0.15) is 0 Å². The van der Waals surface area contributed by atoms with E-state index < -0.39 is 12.1 Å². The number of rotatable bonds is 8. The molecule has 0 bridgehead atoms. The van der Waals surface area contributed by atoms with Gasteiger partial charge < -0.3 is 21.3 Å². The van der Waals surface area contributed by atoms with Gasteiger partial charge in [0.15, 0.2) is 0 Å². The third kappa shape index (κ3) is 5.81. The summed E-state index contributed by atoms with van der Waals surface area (Å²) >= 11 is 0. The van der Waals surface area contributed by atoms with E-state index in [-0.39, 0.29) is 18.4 Å². The number of aliphatic hydroxyl groups excluding tert-OH is 2. The molecule has 5 nitrogen and oxygen atoms in total. The lowest BCUT2D eigenvalue weighted by atomic mass is 9.95. The minimum atomic E-state index is -1.01. The summed E-state index contributed by atoms with van der Waals surface area (Å²) in [5, 5.41) is 22.9. The number of carbonyl (C=O) groups is 1. The van der Waals surface area contributed by atoms with Crippen molar-refractivity contribution in [1.29, 1.82) is 0 Å². The van der Waals surface area contributed by atoms with Gasteiger partial charge in [0.1, 0.15) is 6.10 Å². The summed E-state index contributed by atoms with van der Waals surface area (Å²) in [6.07, 6.45) is -0.0125. The van der Waals surface area contributed by atoms with E-state index in [1.165, 1.54) is 5.56 Å². The number of nitrogen functional groups attached to an aromatic ring is 1. The van der Waals surface area contributed by atoms with Crippen LogP contribution in [0.5, 0.6) is 0 Å². The first-order valence-corrected chi connectivity index (χ1v) is 9.35. The molecule has 1 amide bonds. The third-order valence-corrected chi connectivity index (χ3v) is 4.70. The van der Waals surface area contributed by atoms with Crippen LogP contribution in [0.2, 0.25) is 0 Å². The van der Waals surface area contributed by atoms with Crippen molar-refractivity contribution in [2.75, 3.05) is 12.3 Å². The number of anilines is 1. The Balaban J connectivity index is 2.03. The molecule has 3 atom stereocenters. The molecule has 0 spiro atoms. The van der Waals surface area contributed by atoms with Gasteiger partial charge in [0, 0.05) is 5.69 Å². The van der Waals surface area contributed by atoms with Crippen molar-refractivity contribution in [3.8, 4) is 0 Å². The highest BCUT2D eigenvalue weighted by atomic mass is 16.3. The molecule has 0 aromatic heterocycles. The van der Waals surface area contributed by atoms with Crippen LogP contribution in [-0.2, 0) is 11.2 Å². The van der Waals surface area contributed by atoms with Crippen LogP contribution in [0.15, 0.2) is 48.5 Å². The Morgan fingerprint density at radius 2 is 1.56 bits per heavy atom. The summed E-state index contributed by atoms with van der Waals surface area (Å²) in [6, 6.07) is 14.0. The Kier molecular flexibility index (Phi) is 7.39. The van der Waals surface area contributed by atoms with Crippen LogP contribution < -0.4 is 11.1 Å². The zero-order valence-corrected chi connectivity index (χ0v) is 16.2. The summed E-state index contributed by atoms with van der Waals surface area (Å²) in [5.74, 6) is -0.0392. The first-order valence-electron chi connectivity index (χ1n) is 9.35. The molecule has 3 unspecified atom stereocenters. The molecule has 27 heavy (non-hydrogen) atoms. The summed E-state index contributed by atoms with van der Waals surface area (Å²) < 4.78 is 0. The van der Waals surface area contributed by atoms with E-state index in [1.54, 1.807) is 24.3 Å². The minimum Gasteiger partial charge on any atom is -0.399 e. The fourth-order valence-corrected chi connectivity index (χ4v) is 3.02. The number of nitrogens with two attached hydrogens (primary N) is 1. The number of aliphatic hydroxyl groups is 2. The topological polar surface area (TPSA) is 95.6 Å². The van der Waals surface area contributed by atoms with Gasteiger partial charge in [0.25, 0.3) is 0 Å². The lowest BCUT2D eigenvalue weighted by Gasteiger charge is -2.24. The third-order valence-electron chi connectivity index (χ3n) is 4.70. The molecular weight excluding hydrogens is 340 g/mol. The lowest BCUT2D eigenvalue weighted by Crippen LogP contribution is -2.43. The second-order valence-electron chi connectivity index (χ2n) is 7.47. The van der Waals surface area contributed by atoms with E-state index >= 15 is 0 Å². The van der Waals surface area contributed by atoms with Crippen molar-refractivity contribution in [2.24, 2.45) is 5.92 Å². The number of amides is 1. The Hall–Kier alpha value is -2.37. The average molecular weight is 370 g/mol. The normalized spacial score (nSPS) is 14.6. The molecule has 0 aliphatic carbocycles. The van der Waals surface area contributed by atoms with Crippen LogP contribution in [0, 0.1) is 5.92 Å². The molecule has 0 saturated heterocycles. The average Bonchev–Trinajstić information content (AvgIpc) is 2.65. The van der Waals surface area contributed by atoms with Crippen molar-refractivity contribution in [1.82, 2.24) is 5.32 Å². The van der Waals surface area contributed by atoms with E-state index in [2.05, 4.69) is 19.2 Å². The van der Waals surface area contributed by atoms with E-state index in [1.807, 2.05) is 31.2 Å². The number of hydrogen-bond donors (Lipinski definition) is 4. The number of carbonyl (C=O) groups excluding carboxylic acids is 1. The highest BCUT2D eigenvalue weighted by Crippen LogP contribution is 2.21. The van der Waals surface area contributed by atoms with Crippen LogP contribution in [-0.4, -0.2) is 28.8 Å². The quantitative estimate of drug-likeness (QED) is 0.537. The predicted octanol–water partition coefficient (Wildman–Crippen LogP) is 2.78. The molecule has 0 aliphatic rings. The molecule has 5 heteroatoms. The number of hydrogen-bond acceptors (Lipinski definition) is 4. The van der Waals surface area contributed by atoms with Gasteiger partial charge in [0.2, 0.25) is 5.91 Å². The fraction of sp³-hybridized carbons (Fsp3) is 0.409. The molecule has 0 aliphatic heterocycles.